The van der Waals surface area contributed by atoms with Crippen molar-refractivity contribution in [3.8, 4) is 11.1 Å². The van der Waals surface area contributed by atoms with E-state index in [9.17, 15) is 0 Å². The number of para-hydroxylation sites is 1. The molecule has 134 valence electrons. The molecule has 2 aromatic rings. The summed E-state index contributed by atoms with van der Waals surface area (Å²) in [6.07, 6.45) is 5.22. The van der Waals surface area contributed by atoms with E-state index in [-0.39, 0.29) is 5.96 Å². The van der Waals surface area contributed by atoms with Gasteiger partial charge in [-0.3, -0.25) is 4.90 Å². The number of nitrogens with zero attached hydrogens (tertiary/aromatic N) is 3. The third-order valence-corrected chi connectivity index (χ3v) is 5.37. The highest BCUT2D eigenvalue weighted by Crippen LogP contribution is 2.42. The molecule has 2 aromatic carbocycles. The second kappa shape index (κ2) is 6.65. The third kappa shape index (κ3) is 2.92. The van der Waals surface area contributed by atoms with Crippen LogP contribution in [-0.2, 0) is 0 Å². The Morgan fingerprint density at radius 1 is 0.962 bits per heavy atom. The van der Waals surface area contributed by atoms with Gasteiger partial charge in [-0.1, -0.05) is 48.4 Å². The predicted octanol–water partition coefficient (Wildman–Crippen LogP) is 4.12. The van der Waals surface area contributed by atoms with Crippen molar-refractivity contribution in [2.24, 2.45) is 21.5 Å². The summed E-state index contributed by atoms with van der Waals surface area (Å²) in [6, 6.07) is 16.0. The maximum Gasteiger partial charge on any atom is 0.220 e. The molecule has 0 atom stereocenters. The van der Waals surface area contributed by atoms with Gasteiger partial charge in [0.15, 0.2) is 0 Å². The standard InChI is InChI=1S/C20H22ClN5/c21-15-8-6-7-14(13-15)16-9-2-3-10-17(16)26-19(23)24-18(22)25-20(26)11-4-1-5-12-20/h2-3,6-10,13H,1,4-5,11-12H2,(H4,22,23,24,25). The average Bonchev–Trinajstić information content (AvgIpc) is 2.62. The molecule has 4 N–H and O–H groups in total. The fourth-order valence-corrected chi connectivity index (χ4v) is 4.23. The Labute approximate surface area is 158 Å². The second-order valence-corrected chi connectivity index (χ2v) is 7.28. The van der Waals surface area contributed by atoms with Gasteiger partial charge in [0.2, 0.25) is 11.9 Å². The molecule has 26 heavy (non-hydrogen) atoms. The van der Waals surface area contributed by atoms with E-state index in [1.807, 2.05) is 36.4 Å². The van der Waals surface area contributed by atoms with Gasteiger partial charge in [-0.15, -0.1) is 0 Å². The summed E-state index contributed by atoms with van der Waals surface area (Å²) in [4.78, 5) is 11.1. The molecule has 1 saturated carbocycles. The molecule has 5 nitrogen and oxygen atoms in total. The van der Waals surface area contributed by atoms with Gasteiger partial charge < -0.3 is 11.5 Å². The van der Waals surface area contributed by atoms with Gasteiger partial charge >= 0.3 is 0 Å². The van der Waals surface area contributed by atoms with E-state index in [0.29, 0.717) is 11.0 Å². The third-order valence-electron chi connectivity index (χ3n) is 5.13. The Balaban J connectivity index is 1.87. The summed E-state index contributed by atoms with van der Waals surface area (Å²) in [6.45, 7) is 0. The number of nitrogens with two attached hydrogens (primary N) is 2. The molecular formula is C20H22ClN5. The van der Waals surface area contributed by atoms with Crippen LogP contribution in [-0.4, -0.2) is 17.6 Å². The maximum atomic E-state index is 6.37. The SMILES string of the molecule is NC1=NC2(CCCCC2)N(c2ccccc2-c2cccc(Cl)c2)C(N)=N1. The fourth-order valence-electron chi connectivity index (χ4n) is 4.04. The fraction of sp³-hybridized carbons (Fsp3) is 0.300. The van der Waals surface area contributed by atoms with Gasteiger partial charge in [0.05, 0.1) is 5.69 Å². The molecule has 0 amide bonds. The molecule has 6 heteroatoms. The van der Waals surface area contributed by atoms with Crippen molar-refractivity contribution >= 4 is 29.2 Å². The van der Waals surface area contributed by atoms with Crippen LogP contribution in [0.25, 0.3) is 11.1 Å². The van der Waals surface area contributed by atoms with Crippen LogP contribution in [0.2, 0.25) is 5.02 Å². The molecule has 2 aliphatic rings. The van der Waals surface area contributed by atoms with Crippen molar-refractivity contribution in [2.75, 3.05) is 4.90 Å². The first-order valence-corrected chi connectivity index (χ1v) is 9.32. The topological polar surface area (TPSA) is 80.0 Å². The minimum absolute atomic E-state index is 0.265. The van der Waals surface area contributed by atoms with Crippen LogP contribution in [0.1, 0.15) is 32.1 Å². The molecule has 1 heterocycles. The first-order valence-electron chi connectivity index (χ1n) is 8.94. The van der Waals surface area contributed by atoms with Crippen molar-refractivity contribution in [1.82, 2.24) is 0 Å². The number of hydrogen-bond donors (Lipinski definition) is 2. The van der Waals surface area contributed by atoms with Crippen LogP contribution in [0, 0.1) is 0 Å². The molecule has 1 aliphatic carbocycles. The van der Waals surface area contributed by atoms with E-state index >= 15 is 0 Å². The molecule has 4 rings (SSSR count). The van der Waals surface area contributed by atoms with Crippen LogP contribution in [0.5, 0.6) is 0 Å². The van der Waals surface area contributed by atoms with E-state index in [4.69, 9.17) is 28.1 Å². The van der Waals surface area contributed by atoms with Crippen molar-refractivity contribution < 1.29 is 0 Å². The molecule has 1 fully saturated rings. The van der Waals surface area contributed by atoms with Crippen LogP contribution >= 0.6 is 11.6 Å². The lowest BCUT2D eigenvalue weighted by Crippen LogP contribution is -2.58. The number of aliphatic imine (C=N–C) groups is 2. The summed E-state index contributed by atoms with van der Waals surface area (Å²) in [5.74, 6) is 0.662. The van der Waals surface area contributed by atoms with E-state index in [0.717, 1.165) is 42.5 Å². The summed E-state index contributed by atoms with van der Waals surface area (Å²) < 4.78 is 0. The van der Waals surface area contributed by atoms with Crippen LogP contribution < -0.4 is 16.4 Å². The summed E-state index contributed by atoms with van der Waals surface area (Å²) in [7, 11) is 0. The van der Waals surface area contributed by atoms with Gasteiger partial charge in [0.25, 0.3) is 0 Å². The lowest BCUT2D eigenvalue weighted by atomic mass is 9.86. The van der Waals surface area contributed by atoms with Gasteiger partial charge in [-0.25, -0.2) is 4.99 Å². The largest absolute Gasteiger partial charge is 0.369 e. The number of halogens is 1. The molecule has 0 saturated heterocycles. The Hall–Kier alpha value is -2.53. The molecule has 1 spiro atoms. The summed E-state index contributed by atoms with van der Waals surface area (Å²) >= 11 is 6.22. The lowest BCUT2D eigenvalue weighted by molar-refractivity contribution is 0.305. The highest BCUT2D eigenvalue weighted by molar-refractivity contribution is 6.30. The van der Waals surface area contributed by atoms with Crippen molar-refractivity contribution in [1.29, 1.82) is 0 Å². The zero-order valence-electron chi connectivity index (χ0n) is 14.5. The molecule has 0 unspecified atom stereocenters. The minimum Gasteiger partial charge on any atom is -0.369 e. The molecule has 0 radical (unpaired) electrons. The number of anilines is 1. The molecular weight excluding hydrogens is 346 g/mol. The Bertz CT molecular complexity index is 883. The predicted molar refractivity (Wildman–Crippen MR) is 108 cm³/mol. The van der Waals surface area contributed by atoms with Gasteiger partial charge in [-0.05, 0) is 49.4 Å². The normalized spacial score (nSPS) is 19.2. The molecule has 0 aromatic heterocycles. The highest BCUT2D eigenvalue weighted by atomic mass is 35.5. The van der Waals surface area contributed by atoms with Gasteiger partial charge in [0, 0.05) is 10.6 Å². The minimum atomic E-state index is -0.456. The number of rotatable bonds is 2. The van der Waals surface area contributed by atoms with E-state index < -0.39 is 5.66 Å². The van der Waals surface area contributed by atoms with Crippen LogP contribution in [0.3, 0.4) is 0 Å². The smallest absolute Gasteiger partial charge is 0.220 e. The second-order valence-electron chi connectivity index (χ2n) is 6.85. The zero-order chi connectivity index (χ0) is 18.1. The Morgan fingerprint density at radius 2 is 1.73 bits per heavy atom. The Morgan fingerprint density at radius 3 is 2.50 bits per heavy atom. The van der Waals surface area contributed by atoms with E-state index in [1.54, 1.807) is 0 Å². The lowest BCUT2D eigenvalue weighted by Gasteiger charge is -2.46. The number of hydrogen-bond acceptors (Lipinski definition) is 5. The summed E-state index contributed by atoms with van der Waals surface area (Å²) in [5.41, 5.74) is 15.0. The number of guanidine groups is 2. The molecule has 1 aliphatic heterocycles. The van der Waals surface area contributed by atoms with E-state index in [1.165, 1.54) is 6.42 Å². The van der Waals surface area contributed by atoms with E-state index in [2.05, 4.69) is 22.0 Å². The quantitative estimate of drug-likeness (QED) is 0.837. The number of benzene rings is 2. The molecule has 0 bridgehead atoms. The Kier molecular flexibility index (Phi) is 4.32. The van der Waals surface area contributed by atoms with Gasteiger partial charge in [0.1, 0.15) is 5.66 Å². The zero-order valence-corrected chi connectivity index (χ0v) is 15.3. The first kappa shape index (κ1) is 16.9. The van der Waals surface area contributed by atoms with Gasteiger partial charge in [-0.2, -0.15) is 4.99 Å². The van der Waals surface area contributed by atoms with Crippen molar-refractivity contribution in [2.45, 2.75) is 37.8 Å². The summed E-state index contributed by atoms with van der Waals surface area (Å²) in [5, 5.41) is 0.701. The first-order chi connectivity index (χ1) is 12.6. The highest BCUT2D eigenvalue weighted by Gasteiger charge is 2.43. The van der Waals surface area contributed by atoms with Crippen LogP contribution in [0.4, 0.5) is 5.69 Å². The van der Waals surface area contributed by atoms with Crippen molar-refractivity contribution in [3.63, 3.8) is 0 Å². The monoisotopic (exact) mass is 367 g/mol. The average molecular weight is 368 g/mol. The van der Waals surface area contributed by atoms with Crippen LogP contribution in [0.15, 0.2) is 58.5 Å². The van der Waals surface area contributed by atoms with Crippen molar-refractivity contribution in [3.05, 3.63) is 53.6 Å². The maximum absolute atomic E-state index is 6.37.